The fourth-order valence-electron chi connectivity index (χ4n) is 9.35. The zero-order valence-corrected chi connectivity index (χ0v) is 36.3. The molecule has 0 bridgehead atoms. The average molecular weight is 847 g/mol. The van der Waals surface area contributed by atoms with Crippen molar-refractivity contribution in [2.24, 2.45) is 14.1 Å². The number of carbonyl (C=O) groups excluding carboxylic acids is 4. The molecule has 63 heavy (non-hydrogen) atoms. The third-order valence-corrected chi connectivity index (χ3v) is 12.6. The number of hydrogen-bond donors (Lipinski definition) is 1. The first-order valence-electron chi connectivity index (χ1n) is 22.4. The van der Waals surface area contributed by atoms with Crippen molar-refractivity contribution in [3.05, 3.63) is 145 Å². The second-order valence-corrected chi connectivity index (χ2v) is 17.1. The summed E-state index contributed by atoms with van der Waals surface area (Å²) in [6, 6.07) is 19.4. The third-order valence-electron chi connectivity index (χ3n) is 12.6. The van der Waals surface area contributed by atoms with Crippen LogP contribution in [0.3, 0.4) is 0 Å². The largest absolute Gasteiger partial charge is 0.385 e. The van der Waals surface area contributed by atoms with Crippen molar-refractivity contribution in [1.29, 1.82) is 0 Å². The van der Waals surface area contributed by atoms with E-state index in [1.54, 1.807) is 0 Å². The van der Waals surface area contributed by atoms with E-state index in [-0.39, 0.29) is 23.6 Å². The topological polar surface area (TPSA) is 113 Å². The predicted molar refractivity (Wildman–Crippen MR) is 239 cm³/mol. The SMILES string of the molecule is C[n+]1ccn(CCCN2C(=O)c3cccc4c(CCCCn5cc[n+](CCCCCNc6ccc7c8c(cccc68)C(=O)N(CCCn6cc[n+](C)c6)C7=O)c5)ccc(c34)C2=O)c1. The third kappa shape index (κ3) is 8.64. The van der Waals surface area contributed by atoms with Crippen molar-refractivity contribution < 1.29 is 32.9 Å². The quantitative estimate of drug-likeness (QED) is 0.0574. The van der Waals surface area contributed by atoms with Gasteiger partial charge in [0.15, 0.2) is 0 Å². The number of hydrogen-bond acceptors (Lipinski definition) is 5. The summed E-state index contributed by atoms with van der Waals surface area (Å²) in [4.78, 5) is 57.0. The van der Waals surface area contributed by atoms with Gasteiger partial charge in [0.25, 0.3) is 23.6 Å². The molecular formula is C50H56N9O4+3. The van der Waals surface area contributed by atoms with E-state index in [4.69, 9.17) is 0 Å². The molecule has 0 saturated heterocycles. The first-order chi connectivity index (χ1) is 30.7. The van der Waals surface area contributed by atoms with E-state index in [0.29, 0.717) is 48.2 Å². The van der Waals surface area contributed by atoms with E-state index in [9.17, 15) is 19.2 Å². The Hall–Kier alpha value is -6.89. The molecule has 4 aromatic carbocycles. The zero-order chi connectivity index (χ0) is 43.5. The zero-order valence-electron chi connectivity index (χ0n) is 36.3. The molecule has 0 atom stereocenters. The van der Waals surface area contributed by atoms with Gasteiger partial charge in [0.2, 0.25) is 19.0 Å². The van der Waals surface area contributed by atoms with Crippen molar-refractivity contribution in [1.82, 2.24) is 23.5 Å². The lowest BCUT2D eigenvalue weighted by Crippen LogP contribution is -2.41. The molecule has 13 nitrogen and oxygen atoms in total. The maximum Gasteiger partial charge on any atom is 0.261 e. The van der Waals surface area contributed by atoms with Gasteiger partial charge in [0.05, 0.1) is 40.3 Å². The Balaban J connectivity index is 0.711. The number of amides is 4. The Kier molecular flexibility index (Phi) is 12.0. The highest BCUT2D eigenvalue weighted by Crippen LogP contribution is 2.35. The second kappa shape index (κ2) is 18.2. The first-order valence-corrected chi connectivity index (χ1v) is 22.4. The molecular weight excluding hydrogens is 791 g/mol. The fourth-order valence-corrected chi connectivity index (χ4v) is 9.35. The lowest BCUT2D eigenvalue weighted by molar-refractivity contribution is -0.696. The molecule has 0 spiro atoms. The molecule has 0 saturated carbocycles. The molecule has 0 radical (unpaired) electrons. The van der Waals surface area contributed by atoms with Crippen LogP contribution >= 0.6 is 0 Å². The monoisotopic (exact) mass is 846 g/mol. The number of carbonyl (C=O) groups is 4. The van der Waals surface area contributed by atoms with Crippen LogP contribution in [0.5, 0.6) is 0 Å². The minimum absolute atomic E-state index is 0.203. The van der Waals surface area contributed by atoms with E-state index in [2.05, 4.69) is 48.4 Å². The highest BCUT2D eigenvalue weighted by Gasteiger charge is 2.34. The number of anilines is 1. The maximum atomic E-state index is 13.6. The number of imide groups is 2. The molecule has 13 heteroatoms. The number of benzene rings is 4. The van der Waals surface area contributed by atoms with Crippen LogP contribution in [0.15, 0.2) is 117 Å². The van der Waals surface area contributed by atoms with Crippen LogP contribution in [0.25, 0.3) is 21.5 Å². The number of aryl methyl sites for hydroxylation is 7. The molecule has 1 N–H and O–H groups in total. The summed E-state index contributed by atoms with van der Waals surface area (Å²) in [5.74, 6) is -0.851. The number of imidazole rings is 3. The van der Waals surface area contributed by atoms with Gasteiger partial charge in [-0.25, -0.2) is 27.4 Å². The minimum atomic E-state index is -0.222. The van der Waals surface area contributed by atoms with Crippen LogP contribution < -0.4 is 19.0 Å². The summed E-state index contributed by atoms with van der Waals surface area (Å²) in [7, 11) is 3.94. The van der Waals surface area contributed by atoms with Gasteiger partial charge in [-0.05, 0) is 79.8 Å². The first kappa shape index (κ1) is 41.5. The van der Waals surface area contributed by atoms with E-state index in [0.717, 1.165) is 98.5 Å². The standard InChI is InChI=1S/C50H55N9O4/c1-52-28-30-54(34-52)24-10-26-58-47(60)40-15-8-13-38-37(17-18-42(45(38)40)49(58)62)12-4-7-23-57-33-32-56(36-57)22-6-3-5-21-51-44-20-19-43-46-39(44)14-9-16-41(46)48(61)59(50(43)63)27-11-25-55-31-29-53(2)35-55/h8-9,13-20,28-36H,3-7,10-12,21-27H2,1-2H3/q+2/p+1. The van der Waals surface area contributed by atoms with Crippen LogP contribution in [0, 0.1) is 0 Å². The Morgan fingerprint density at radius 2 is 1.03 bits per heavy atom. The van der Waals surface area contributed by atoms with Crippen LogP contribution in [-0.4, -0.2) is 66.8 Å². The van der Waals surface area contributed by atoms with Crippen molar-refractivity contribution >= 4 is 50.9 Å². The lowest BCUT2D eigenvalue weighted by atomic mass is 9.90. The predicted octanol–water partition coefficient (Wildman–Crippen LogP) is 6.01. The molecule has 3 aromatic heterocycles. The van der Waals surface area contributed by atoms with Gasteiger partial charge in [-0.2, -0.15) is 0 Å². The normalized spacial score (nSPS) is 13.6. The van der Waals surface area contributed by atoms with Crippen LogP contribution in [-0.2, 0) is 46.7 Å². The van der Waals surface area contributed by atoms with E-state index < -0.39 is 0 Å². The molecule has 5 heterocycles. The number of nitrogens with one attached hydrogen (secondary N) is 1. The van der Waals surface area contributed by atoms with Gasteiger partial charge in [-0.1, -0.05) is 30.3 Å². The van der Waals surface area contributed by atoms with E-state index in [1.165, 1.54) is 15.4 Å². The highest BCUT2D eigenvalue weighted by atomic mass is 16.2. The second-order valence-electron chi connectivity index (χ2n) is 17.1. The van der Waals surface area contributed by atoms with E-state index in [1.807, 2.05) is 115 Å². The molecule has 0 fully saturated rings. The molecule has 0 unspecified atom stereocenters. The van der Waals surface area contributed by atoms with Gasteiger partial charge in [-0.15, -0.1) is 0 Å². The van der Waals surface area contributed by atoms with Crippen LogP contribution in [0.2, 0.25) is 0 Å². The van der Waals surface area contributed by atoms with Gasteiger partial charge >= 0.3 is 0 Å². The van der Waals surface area contributed by atoms with Gasteiger partial charge in [0.1, 0.15) is 37.2 Å². The van der Waals surface area contributed by atoms with E-state index >= 15 is 0 Å². The summed E-state index contributed by atoms with van der Waals surface area (Å²) in [5.41, 5.74) is 4.53. The number of aromatic nitrogens is 6. The number of rotatable bonds is 20. The summed E-state index contributed by atoms with van der Waals surface area (Å²) < 4.78 is 12.6. The Labute approximate surface area is 367 Å². The fraction of sp³-hybridized carbons (Fsp3) is 0.340. The molecule has 2 aliphatic heterocycles. The molecule has 7 aromatic rings. The van der Waals surface area contributed by atoms with Crippen molar-refractivity contribution in [3.8, 4) is 0 Å². The molecule has 0 aliphatic carbocycles. The number of nitrogens with zero attached hydrogens (tertiary/aromatic N) is 8. The lowest BCUT2D eigenvalue weighted by Gasteiger charge is -2.27. The maximum absolute atomic E-state index is 13.6. The number of unbranched alkanes of at least 4 members (excludes halogenated alkanes) is 3. The molecule has 4 amide bonds. The summed E-state index contributed by atoms with van der Waals surface area (Å²) >= 11 is 0. The Morgan fingerprint density at radius 1 is 0.492 bits per heavy atom. The van der Waals surface area contributed by atoms with Gasteiger partial charge in [0, 0.05) is 76.6 Å². The van der Waals surface area contributed by atoms with Crippen LogP contribution in [0.1, 0.15) is 91.9 Å². The summed E-state index contributed by atoms with van der Waals surface area (Å²) in [6.07, 6.45) is 25.8. The highest BCUT2D eigenvalue weighted by molar-refractivity contribution is 6.27. The molecule has 322 valence electrons. The molecule has 2 aliphatic rings. The summed E-state index contributed by atoms with van der Waals surface area (Å²) in [5, 5.41) is 7.04. The van der Waals surface area contributed by atoms with Gasteiger partial charge < -0.3 is 5.32 Å². The van der Waals surface area contributed by atoms with Crippen molar-refractivity contribution in [2.45, 2.75) is 77.5 Å². The van der Waals surface area contributed by atoms with Crippen LogP contribution in [0.4, 0.5) is 5.69 Å². The Morgan fingerprint density at radius 3 is 1.65 bits per heavy atom. The van der Waals surface area contributed by atoms with Crippen molar-refractivity contribution in [3.63, 3.8) is 0 Å². The van der Waals surface area contributed by atoms with Gasteiger partial charge in [-0.3, -0.25) is 29.0 Å². The Bertz CT molecular complexity index is 2810. The smallest absolute Gasteiger partial charge is 0.261 e. The summed E-state index contributed by atoms with van der Waals surface area (Å²) in [6.45, 7) is 4.89. The average Bonchev–Trinajstić information content (AvgIpc) is 4.05. The van der Waals surface area contributed by atoms with Crippen molar-refractivity contribution in [2.75, 3.05) is 25.0 Å². The molecule has 9 rings (SSSR count). The minimum Gasteiger partial charge on any atom is -0.385 e.